The largest absolute Gasteiger partial charge is 0.329 e. The van der Waals surface area contributed by atoms with E-state index in [1.165, 1.54) is 6.33 Å². The summed E-state index contributed by atoms with van der Waals surface area (Å²) >= 11 is 0. The van der Waals surface area contributed by atoms with E-state index in [4.69, 9.17) is 5.73 Å². The van der Waals surface area contributed by atoms with Crippen molar-refractivity contribution in [2.24, 2.45) is 5.73 Å². The number of rotatable bonds is 2. The van der Waals surface area contributed by atoms with Crippen molar-refractivity contribution in [1.82, 2.24) is 14.8 Å². The van der Waals surface area contributed by atoms with Gasteiger partial charge in [0.25, 0.3) is 0 Å². The highest BCUT2D eigenvalue weighted by Gasteiger charge is 1.83. The van der Waals surface area contributed by atoms with E-state index in [0.29, 0.717) is 6.54 Å². The van der Waals surface area contributed by atoms with E-state index in [1.54, 1.807) is 11.0 Å². The molecule has 0 aliphatic heterocycles. The molecule has 0 atom stereocenters. The molecule has 1 aromatic heterocycles. The van der Waals surface area contributed by atoms with Crippen LogP contribution in [0, 0.1) is 0 Å². The molecule has 0 fully saturated rings. The van der Waals surface area contributed by atoms with E-state index in [1.807, 2.05) is 0 Å². The van der Waals surface area contributed by atoms with Crippen LogP contribution < -0.4 is 5.73 Å². The molecule has 0 saturated heterocycles. The molecule has 4 nitrogen and oxygen atoms in total. The van der Waals surface area contributed by atoms with Crippen LogP contribution in [-0.2, 0) is 6.54 Å². The van der Waals surface area contributed by atoms with Crippen LogP contribution in [0.4, 0.5) is 0 Å². The van der Waals surface area contributed by atoms with Crippen molar-refractivity contribution in [2.75, 3.05) is 6.54 Å². The molecule has 1 aromatic rings. The lowest BCUT2D eigenvalue weighted by molar-refractivity contribution is 0.623. The molecule has 0 spiro atoms. The van der Waals surface area contributed by atoms with Gasteiger partial charge in [-0.2, -0.15) is 5.10 Å². The molecule has 0 aliphatic carbocycles. The molecule has 0 bridgehead atoms. The summed E-state index contributed by atoms with van der Waals surface area (Å²) in [5, 5.41) is 3.83. The number of hydrogen-bond acceptors (Lipinski definition) is 3. The van der Waals surface area contributed by atoms with Crippen molar-refractivity contribution in [3.05, 3.63) is 12.7 Å². The van der Waals surface area contributed by atoms with Crippen LogP contribution in [-0.4, -0.2) is 21.3 Å². The van der Waals surface area contributed by atoms with Gasteiger partial charge in [-0.05, 0) is 0 Å². The van der Waals surface area contributed by atoms with Crippen molar-refractivity contribution in [3.63, 3.8) is 0 Å². The van der Waals surface area contributed by atoms with Gasteiger partial charge in [0.05, 0.1) is 6.54 Å². The highest BCUT2D eigenvalue weighted by molar-refractivity contribution is 8.93. The minimum atomic E-state index is 0. The predicted octanol–water partition coefficient (Wildman–Crippen LogP) is 0.393. The number of hydrogen-bond donors (Lipinski definition) is 1. The summed E-state index contributed by atoms with van der Waals surface area (Å²) in [6, 6.07) is 0. The van der Waals surface area contributed by atoms with E-state index < -0.39 is 0 Å². The van der Waals surface area contributed by atoms with Gasteiger partial charge >= 0.3 is 0 Å². The van der Waals surface area contributed by atoms with Gasteiger partial charge in [-0.1, -0.05) is 0 Å². The Morgan fingerprint density at radius 1 is 1.40 bits per heavy atom. The fourth-order valence-electron chi connectivity index (χ4n) is 0.480. The zero-order chi connectivity index (χ0) is 5.82. The zero-order valence-corrected chi connectivity index (χ0v) is 8.73. The Balaban J connectivity index is 0. The van der Waals surface area contributed by atoms with E-state index in [2.05, 4.69) is 10.1 Å². The fraction of sp³-hybridized carbons (Fsp3) is 0.500. The Labute approximate surface area is 80.4 Å². The third kappa shape index (κ3) is 3.97. The first-order valence-corrected chi connectivity index (χ1v) is 2.46. The van der Waals surface area contributed by atoms with Crippen molar-refractivity contribution in [2.45, 2.75) is 6.54 Å². The Morgan fingerprint density at radius 3 is 2.50 bits per heavy atom. The lowest BCUT2D eigenvalue weighted by Gasteiger charge is -1.91. The molecule has 0 unspecified atom stereocenters. The average Bonchev–Trinajstić information content (AvgIpc) is 2.19. The number of nitrogens with two attached hydrogens (primary N) is 1. The lowest BCUT2D eigenvalue weighted by atomic mass is 10.7. The lowest BCUT2D eigenvalue weighted by Crippen LogP contribution is -2.09. The molecule has 6 heteroatoms. The van der Waals surface area contributed by atoms with Gasteiger partial charge in [0.15, 0.2) is 0 Å². The monoisotopic (exact) mass is 272 g/mol. The van der Waals surface area contributed by atoms with Crippen LogP contribution >= 0.6 is 34.0 Å². The van der Waals surface area contributed by atoms with Gasteiger partial charge in [-0.25, -0.2) is 4.98 Å². The van der Waals surface area contributed by atoms with Crippen LogP contribution in [0.25, 0.3) is 0 Å². The summed E-state index contributed by atoms with van der Waals surface area (Å²) < 4.78 is 1.69. The first-order chi connectivity index (χ1) is 3.93. The summed E-state index contributed by atoms with van der Waals surface area (Å²) in [6.07, 6.45) is 3.14. The minimum Gasteiger partial charge on any atom is -0.329 e. The summed E-state index contributed by atoms with van der Waals surface area (Å²) in [7, 11) is 0. The van der Waals surface area contributed by atoms with Crippen LogP contribution in [0.3, 0.4) is 0 Å². The van der Waals surface area contributed by atoms with E-state index in [-0.39, 0.29) is 34.0 Å². The van der Waals surface area contributed by atoms with Gasteiger partial charge in [-0.15, -0.1) is 34.0 Å². The number of halogens is 2. The van der Waals surface area contributed by atoms with Gasteiger partial charge < -0.3 is 5.73 Å². The standard InChI is InChI=1S/C4H8N4.2BrH/c5-1-2-8-4-6-3-7-8;;/h3-4H,1-2,5H2;2*1H. The highest BCUT2D eigenvalue weighted by atomic mass is 79.9. The molecule has 2 N–H and O–H groups in total. The molecule has 0 radical (unpaired) electrons. The van der Waals surface area contributed by atoms with Crippen molar-refractivity contribution in [1.29, 1.82) is 0 Å². The van der Waals surface area contributed by atoms with E-state index in [9.17, 15) is 0 Å². The molecule has 0 amide bonds. The predicted molar refractivity (Wildman–Crippen MR) is 49.7 cm³/mol. The van der Waals surface area contributed by atoms with Crippen LogP contribution in [0.15, 0.2) is 12.7 Å². The molecular weight excluding hydrogens is 264 g/mol. The zero-order valence-electron chi connectivity index (χ0n) is 5.30. The van der Waals surface area contributed by atoms with Gasteiger partial charge in [0.1, 0.15) is 12.7 Å². The molecule has 0 saturated carbocycles. The van der Waals surface area contributed by atoms with Crippen molar-refractivity contribution < 1.29 is 0 Å². The Morgan fingerprint density at radius 2 is 2.10 bits per heavy atom. The average molecular weight is 274 g/mol. The molecular formula is C4H10Br2N4. The second-order valence-corrected chi connectivity index (χ2v) is 1.45. The van der Waals surface area contributed by atoms with Crippen molar-refractivity contribution >= 4 is 34.0 Å². The number of nitrogens with zero attached hydrogens (tertiary/aromatic N) is 3. The van der Waals surface area contributed by atoms with Crippen LogP contribution in [0.5, 0.6) is 0 Å². The summed E-state index contributed by atoms with van der Waals surface area (Å²) in [4.78, 5) is 3.74. The first kappa shape index (κ1) is 12.7. The quantitative estimate of drug-likeness (QED) is 0.848. The first-order valence-electron chi connectivity index (χ1n) is 2.46. The maximum absolute atomic E-state index is 5.23. The summed E-state index contributed by atoms with van der Waals surface area (Å²) in [5.41, 5.74) is 5.23. The second-order valence-electron chi connectivity index (χ2n) is 1.45. The van der Waals surface area contributed by atoms with E-state index >= 15 is 0 Å². The number of aromatic nitrogens is 3. The SMILES string of the molecule is Br.Br.NCCn1cncn1. The Kier molecular flexibility index (Phi) is 9.11. The molecule has 0 aromatic carbocycles. The second kappa shape index (κ2) is 7.17. The van der Waals surface area contributed by atoms with Gasteiger partial charge in [0, 0.05) is 6.54 Å². The molecule has 1 rings (SSSR count). The van der Waals surface area contributed by atoms with Gasteiger partial charge in [-0.3, -0.25) is 4.68 Å². The minimum absolute atomic E-state index is 0. The summed E-state index contributed by atoms with van der Waals surface area (Å²) in [5.74, 6) is 0. The summed E-state index contributed by atoms with van der Waals surface area (Å²) in [6.45, 7) is 1.36. The van der Waals surface area contributed by atoms with Crippen LogP contribution in [0.1, 0.15) is 0 Å². The van der Waals surface area contributed by atoms with Crippen LogP contribution in [0.2, 0.25) is 0 Å². The Bertz CT molecular complexity index is 141. The Hall–Kier alpha value is 0.0600. The van der Waals surface area contributed by atoms with Gasteiger partial charge in [0.2, 0.25) is 0 Å². The van der Waals surface area contributed by atoms with Crippen molar-refractivity contribution in [3.8, 4) is 0 Å². The fourth-order valence-corrected chi connectivity index (χ4v) is 0.480. The highest BCUT2D eigenvalue weighted by Crippen LogP contribution is 1.74. The third-order valence-electron chi connectivity index (χ3n) is 0.825. The molecule has 1 heterocycles. The van der Waals surface area contributed by atoms with E-state index in [0.717, 1.165) is 6.54 Å². The smallest absolute Gasteiger partial charge is 0.137 e. The topological polar surface area (TPSA) is 56.7 Å². The maximum Gasteiger partial charge on any atom is 0.137 e. The third-order valence-corrected chi connectivity index (χ3v) is 0.825. The molecule has 10 heavy (non-hydrogen) atoms. The molecule has 0 aliphatic rings. The molecule has 60 valence electrons. The normalized spacial score (nSPS) is 7.70. The maximum atomic E-state index is 5.23.